The van der Waals surface area contributed by atoms with Crippen LogP contribution in [0.1, 0.15) is 168 Å². The Balaban J connectivity index is 1.94. The lowest BCUT2D eigenvalue weighted by Crippen LogP contribution is -2.28. The zero-order valence-corrected chi connectivity index (χ0v) is 29.1. The van der Waals surface area contributed by atoms with Crippen LogP contribution in [0.15, 0.2) is 36.5 Å². The fraction of sp³-hybridized carbons (Fsp3) is 0.795. The van der Waals surface area contributed by atoms with E-state index in [1.807, 2.05) is 0 Å². The van der Waals surface area contributed by atoms with E-state index in [0.717, 1.165) is 44.9 Å². The monoisotopic (exact) mass is 633 g/mol. The van der Waals surface area contributed by atoms with Gasteiger partial charge in [-0.1, -0.05) is 140 Å². The molecule has 1 heterocycles. The van der Waals surface area contributed by atoms with Crippen LogP contribution in [0.4, 0.5) is 0 Å². The number of hydrogen-bond acceptors (Lipinski definition) is 6. The summed E-state index contributed by atoms with van der Waals surface area (Å²) >= 11 is 0. The lowest BCUT2D eigenvalue weighted by molar-refractivity contribution is -0.161. The second-order valence-corrected chi connectivity index (χ2v) is 12.7. The SMILES string of the molecule is CCCCC/C=C\CC1OC1C/C=C\C/C=C\CCCC(=O)O[C@@H](CO)COC(=O)CCCCCCCCCCCCCCC. The summed E-state index contributed by atoms with van der Waals surface area (Å²) in [5.74, 6) is -0.661. The van der Waals surface area contributed by atoms with E-state index in [1.54, 1.807) is 0 Å². The molecule has 0 aliphatic carbocycles. The maximum Gasteiger partial charge on any atom is 0.306 e. The predicted octanol–water partition coefficient (Wildman–Crippen LogP) is 10.3. The van der Waals surface area contributed by atoms with E-state index < -0.39 is 6.10 Å². The Kier molecular flexibility index (Phi) is 28.1. The van der Waals surface area contributed by atoms with Crippen molar-refractivity contribution < 1.29 is 28.9 Å². The van der Waals surface area contributed by atoms with Gasteiger partial charge in [0.05, 0.1) is 18.8 Å². The van der Waals surface area contributed by atoms with Gasteiger partial charge in [-0.2, -0.15) is 0 Å². The molecule has 1 fully saturated rings. The average Bonchev–Trinajstić information content (AvgIpc) is 3.80. The van der Waals surface area contributed by atoms with Gasteiger partial charge < -0.3 is 19.3 Å². The molecule has 1 rings (SSSR count). The van der Waals surface area contributed by atoms with Crippen LogP contribution >= 0.6 is 0 Å². The summed E-state index contributed by atoms with van der Waals surface area (Å²) in [5.41, 5.74) is 0. The lowest BCUT2D eigenvalue weighted by atomic mass is 10.0. The zero-order valence-electron chi connectivity index (χ0n) is 29.1. The highest BCUT2D eigenvalue weighted by Gasteiger charge is 2.35. The summed E-state index contributed by atoms with van der Waals surface area (Å²) in [6, 6.07) is 0. The third kappa shape index (κ3) is 27.0. The number of rotatable bonds is 32. The number of ether oxygens (including phenoxy) is 3. The van der Waals surface area contributed by atoms with Crippen molar-refractivity contribution in [3.8, 4) is 0 Å². The van der Waals surface area contributed by atoms with Crippen molar-refractivity contribution >= 4 is 11.9 Å². The first-order valence-electron chi connectivity index (χ1n) is 18.7. The van der Waals surface area contributed by atoms with Gasteiger partial charge in [-0.3, -0.25) is 9.59 Å². The third-order valence-corrected chi connectivity index (χ3v) is 8.34. The summed E-state index contributed by atoms with van der Waals surface area (Å²) in [5, 5.41) is 9.53. The van der Waals surface area contributed by atoms with Gasteiger partial charge in [0.2, 0.25) is 0 Å². The van der Waals surface area contributed by atoms with E-state index >= 15 is 0 Å². The van der Waals surface area contributed by atoms with Gasteiger partial charge in [-0.15, -0.1) is 0 Å². The molecule has 0 saturated carbocycles. The van der Waals surface area contributed by atoms with E-state index in [9.17, 15) is 14.7 Å². The number of aliphatic hydroxyl groups is 1. The molecule has 45 heavy (non-hydrogen) atoms. The van der Waals surface area contributed by atoms with Gasteiger partial charge in [-0.05, 0) is 51.4 Å². The van der Waals surface area contributed by atoms with Crippen molar-refractivity contribution in [1.29, 1.82) is 0 Å². The Hall–Kier alpha value is -1.92. The highest BCUT2D eigenvalue weighted by molar-refractivity contribution is 5.70. The van der Waals surface area contributed by atoms with Gasteiger partial charge in [-0.25, -0.2) is 0 Å². The number of epoxide rings is 1. The number of unbranched alkanes of at least 4 members (excludes halogenated alkanes) is 16. The number of aliphatic hydroxyl groups excluding tert-OH is 1. The first-order chi connectivity index (χ1) is 22.1. The normalized spacial score (nSPS) is 17.0. The maximum absolute atomic E-state index is 12.1. The summed E-state index contributed by atoms with van der Waals surface area (Å²) in [6.07, 6.45) is 39.5. The third-order valence-electron chi connectivity index (χ3n) is 8.34. The van der Waals surface area contributed by atoms with Crippen LogP contribution in [0, 0.1) is 0 Å². The van der Waals surface area contributed by atoms with Crippen LogP contribution < -0.4 is 0 Å². The van der Waals surface area contributed by atoms with Crippen LogP contribution in [-0.2, 0) is 23.8 Å². The Morgan fingerprint density at radius 2 is 1.11 bits per heavy atom. The maximum atomic E-state index is 12.1. The molecule has 3 atom stereocenters. The number of hydrogen-bond donors (Lipinski definition) is 1. The molecule has 0 radical (unpaired) electrons. The fourth-order valence-electron chi connectivity index (χ4n) is 5.35. The topological polar surface area (TPSA) is 85.4 Å². The Labute approximate surface area is 276 Å². The Bertz CT molecular complexity index is 788. The van der Waals surface area contributed by atoms with Gasteiger partial charge >= 0.3 is 11.9 Å². The van der Waals surface area contributed by atoms with Crippen molar-refractivity contribution in [2.75, 3.05) is 13.2 Å². The highest BCUT2D eigenvalue weighted by Crippen LogP contribution is 2.29. The van der Waals surface area contributed by atoms with Crippen molar-refractivity contribution in [2.45, 2.75) is 186 Å². The predicted molar refractivity (Wildman–Crippen MR) is 186 cm³/mol. The molecule has 1 aliphatic heterocycles. The first kappa shape index (κ1) is 41.1. The minimum Gasteiger partial charge on any atom is -0.462 e. The zero-order chi connectivity index (χ0) is 32.6. The summed E-state index contributed by atoms with van der Waals surface area (Å²) < 4.78 is 16.3. The molecule has 260 valence electrons. The minimum absolute atomic E-state index is 0.0891. The van der Waals surface area contributed by atoms with E-state index in [1.165, 1.54) is 89.9 Å². The van der Waals surface area contributed by atoms with Gasteiger partial charge in [0.15, 0.2) is 6.10 Å². The van der Waals surface area contributed by atoms with Crippen LogP contribution in [0.2, 0.25) is 0 Å². The second kappa shape index (κ2) is 30.7. The number of carbonyl (C=O) groups excluding carboxylic acids is 2. The van der Waals surface area contributed by atoms with Crippen molar-refractivity contribution in [1.82, 2.24) is 0 Å². The molecule has 6 heteroatoms. The van der Waals surface area contributed by atoms with Crippen LogP contribution in [-0.4, -0.2) is 48.6 Å². The Morgan fingerprint density at radius 3 is 1.73 bits per heavy atom. The molecule has 0 aromatic heterocycles. The number of allylic oxidation sites excluding steroid dienone is 4. The Morgan fingerprint density at radius 1 is 0.622 bits per heavy atom. The molecule has 0 bridgehead atoms. The van der Waals surface area contributed by atoms with E-state index in [0.29, 0.717) is 25.0 Å². The van der Waals surface area contributed by atoms with E-state index in [2.05, 4.69) is 50.3 Å². The van der Waals surface area contributed by atoms with Crippen molar-refractivity contribution in [2.24, 2.45) is 0 Å². The molecule has 1 aliphatic rings. The summed E-state index contributed by atoms with van der Waals surface area (Å²) in [6.45, 7) is 4.04. The smallest absolute Gasteiger partial charge is 0.306 e. The fourth-order valence-corrected chi connectivity index (χ4v) is 5.35. The molecule has 0 amide bonds. The standard InChI is InChI=1S/C39H68O6/c1-3-5-7-9-11-12-13-14-15-16-19-23-27-31-38(41)43-34-35(33-40)44-39(42)32-28-24-20-17-18-22-26-30-37-36(45-37)29-25-21-10-8-6-4-2/h17,20-22,25-26,35-37,40H,3-16,18-19,23-24,27-34H2,1-2H3/b20-17-,25-21-,26-22-/t35-,36?,37?/m0/s1. The first-order valence-corrected chi connectivity index (χ1v) is 18.7. The van der Waals surface area contributed by atoms with E-state index in [-0.39, 0.29) is 31.6 Å². The molecule has 0 spiro atoms. The van der Waals surface area contributed by atoms with Crippen molar-refractivity contribution in [3.63, 3.8) is 0 Å². The number of carbonyl (C=O) groups is 2. The molecule has 1 saturated heterocycles. The second-order valence-electron chi connectivity index (χ2n) is 12.7. The molecule has 0 aromatic carbocycles. The summed E-state index contributed by atoms with van der Waals surface area (Å²) in [4.78, 5) is 24.2. The molecule has 6 nitrogen and oxygen atoms in total. The average molecular weight is 633 g/mol. The molecule has 1 N–H and O–H groups in total. The quantitative estimate of drug-likeness (QED) is 0.0344. The van der Waals surface area contributed by atoms with Crippen LogP contribution in [0.25, 0.3) is 0 Å². The van der Waals surface area contributed by atoms with Crippen LogP contribution in [0.5, 0.6) is 0 Å². The molecular formula is C39H68O6. The number of esters is 2. The van der Waals surface area contributed by atoms with Crippen molar-refractivity contribution in [3.05, 3.63) is 36.5 Å². The molecule has 2 unspecified atom stereocenters. The van der Waals surface area contributed by atoms with Gasteiger partial charge in [0.25, 0.3) is 0 Å². The largest absolute Gasteiger partial charge is 0.462 e. The lowest BCUT2D eigenvalue weighted by Gasteiger charge is -2.15. The molecular weight excluding hydrogens is 564 g/mol. The van der Waals surface area contributed by atoms with Gasteiger partial charge in [0, 0.05) is 12.8 Å². The van der Waals surface area contributed by atoms with Gasteiger partial charge in [0.1, 0.15) is 6.61 Å². The minimum atomic E-state index is -0.800. The highest BCUT2D eigenvalue weighted by atomic mass is 16.6. The molecule has 0 aromatic rings. The van der Waals surface area contributed by atoms with E-state index in [4.69, 9.17) is 14.2 Å². The van der Waals surface area contributed by atoms with Crippen LogP contribution in [0.3, 0.4) is 0 Å². The summed E-state index contributed by atoms with van der Waals surface area (Å²) in [7, 11) is 0.